The third-order valence-corrected chi connectivity index (χ3v) is 2.44. The molecule has 92 valence electrons. The summed E-state index contributed by atoms with van der Waals surface area (Å²) in [7, 11) is 1.41. The third kappa shape index (κ3) is 4.31. The molecule has 1 aromatic rings. The van der Waals surface area contributed by atoms with Crippen molar-refractivity contribution >= 4 is 5.97 Å². The zero-order valence-corrected chi connectivity index (χ0v) is 10.3. The second kappa shape index (κ2) is 6.74. The molecular weight excluding hydrogens is 216 g/mol. The van der Waals surface area contributed by atoms with Gasteiger partial charge in [-0.15, -0.1) is 0 Å². The van der Waals surface area contributed by atoms with E-state index in [1.165, 1.54) is 7.11 Å². The highest BCUT2D eigenvalue weighted by Gasteiger charge is 2.13. The topological polar surface area (TPSA) is 35.5 Å². The molecule has 0 spiro atoms. The van der Waals surface area contributed by atoms with Crippen molar-refractivity contribution in [1.29, 1.82) is 0 Å². The van der Waals surface area contributed by atoms with Crippen molar-refractivity contribution in [3.8, 4) is 5.75 Å². The van der Waals surface area contributed by atoms with Gasteiger partial charge in [-0.3, -0.25) is 4.79 Å². The number of methoxy groups -OCH3 is 1. The lowest BCUT2D eigenvalue weighted by Gasteiger charge is -2.09. The first kappa shape index (κ1) is 13.3. The van der Waals surface area contributed by atoms with Crippen LogP contribution in [-0.2, 0) is 16.0 Å². The number of rotatable bonds is 6. The Hall–Kier alpha value is -1.77. The molecule has 0 aliphatic rings. The van der Waals surface area contributed by atoms with Crippen LogP contribution in [0.15, 0.2) is 36.9 Å². The van der Waals surface area contributed by atoms with Crippen LogP contribution in [0.5, 0.6) is 5.75 Å². The molecule has 0 heterocycles. The van der Waals surface area contributed by atoms with Crippen molar-refractivity contribution in [2.24, 2.45) is 5.92 Å². The van der Waals surface area contributed by atoms with Crippen LogP contribution in [-0.4, -0.2) is 19.7 Å². The summed E-state index contributed by atoms with van der Waals surface area (Å²) in [6.07, 6.45) is 2.38. The van der Waals surface area contributed by atoms with Crippen molar-refractivity contribution in [2.75, 3.05) is 13.7 Å². The number of esters is 1. The minimum atomic E-state index is -0.183. The molecule has 17 heavy (non-hydrogen) atoms. The molecule has 0 aliphatic carbocycles. The normalized spacial score (nSPS) is 11.6. The summed E-state index contributed by atoms with van der Waals surface area (Å²) in [5.41, 5.74) is 1.09. The zero-order valence-electron chi connectivity index (χ0n) is 10.3. The third-order valence-electron chi connectivity index (χ3n) is 2.44. The van der Waals surface area contributed by atoms with Crippen molar-refractivity contribution in [3.63, 3.8) is 0 Å². The first-order valence-corrected chi connectivity index (χ1v) is 5.57. The van der Waals surface area contributed by atoms with Gasteiger partial charge in [0.2, 0.25) is 0 Å². The average molecular weight is 234 g/mol. The summed E-state index contributed by atoms with van der Waals surface area (Å²) in [6.45, 7) is 5.94. The SMILES string of the molecule is C=CCOc1ccc(C[C@H](C)C(=O)OC)cc1. The molecule has 0 saturated carbocycles. The largest absolute Gasteiger partial charge is 0.490 e. The minimum Gasteiger partial charge on any atom is -0.490 e. The molecule has 0 saturated heterocycles. The number of hydrogen-bond acceptors (Lipinski definition) is 3. The van der Waals surface area contributed by atoms with Gasteiger partial charge in [0.05, 0.1) is 13.0 Å². The van der Waals surface area contributed by atoms with Crippen LogP contribution in [0.1, 0.15) is 12.5 Å². The quantitative estimate of drug-likeness (QED) is 0.560. The molecule has 1 aromatic carbocycles. The van der Waals surface area contributed by atoms with E-state index < -0.39 is 0 Å². The summed E-state index contributed by atoms with van der Waals surface area (Å²) in [5.74, 6) is 0.497. The Balaban J connectivity index is 2.55. The fourth-order valence-electron chi connectivity index (χ4n) is 1.51. The Bertz CT molecular complexity index is 368. The van der Waals surface area contributed by atoms with Gasteiger partial charge in [0.1, 0.15) is 12.4 Å². The first-order valence-electron chi connectivity index (χ1n) is 5.57. The van der Waals surface area contributed by atoms with E-state index in [0.717, 1.165) is 11.3 Å². The number of hydrogen-bond donors (Lipinski definition) is 0. The van der Waals surface area contributed by atoms with Gasteiger partial charge in [-0.2, -0.15) is 0 Å². The van der Waals surface area contributed by atoms with Crippen molar-refractivity contribution in [2.45, 2.75) is 13.3 Å². The minimum absolute atomic E-state index is 0.125. The van der Waals surface area contributed by atoms with E-state index in [4.69, 9.17) is 4.74 Å². The maximum atomic E-state index is 11.3. The van der Waals surface area contributed by atoms with Gasteiger partial charge < -0.3 is 9.47 Å². The van der Waals surface area contributed by atoms with Gasteiger partial charge in [0.25, 0.3) is 0 Å². The average Bonchev–Trinajstić information content (AvgIpc) is 2.37. The Labute approximate surface area is 102 Å². The Kier molecular flexibility index (Phi) is 5.27. The second-order valence-corrected chi connectivity index (χ2v) is 3.87. The van der Waals surface area contributed by atoms with Crippen LogP contribution >= 0.6 is 0 Å². The Morgan fingerprint density at radius 2 is 2.06 bits per heavy atom. The van der Waals surface area contributed by atoms with E-state index in [1.807, 2.05) is 31.2 Å². The highest BCUT2D eigenvalue weighted by Crippen LogP contribution is 2.15. The van der Waals surface area contributed by atoms with Crippen molar-refractivity contribution in [1.82, 2.24) is 0 Å². The summed E-state index contributed by atoms with van der Waals surface area (Å²) in [5, 5.41) is 0. The van der Waals surface area contributed by atoms with E-state index in [-0.39, 0.29) is 11.9 Å². The fourth-order valence-corrected chi connectivity index (χ4v) is 1.51. The number of benzene rings is 1. The predicted octanol–water partition coefficient (Wildman–Crippen LogP) is 2.60. The van der Waals surface area contributed by atoms with Crippen molar-refractivity contribution in [3.05, 3.63) is 42.5 Å². The molecule has 0 radical (unpaired) electrons. The molecule has 0 bridgehead atoms. The maximum Gasteiger partial charge on any atom is 0.308 e. The summed E-state index contributed by atoms with van der Waals surface area (Å²) in [6, 6.07) is 7.70. The number of carbonyl (C=O) groups is 1. The highest BCUT2D eigenvalue weighted by molar-refractivity contribution is 5.72. The van der Waals surface area contributed by atoms with Gasteiger partial charge in [0, 0.05) is 0 Å². The van der Waals surface area contributed by atoms with Crippen LogP contribution in [0, 0.1) is 5.92 Å². The van der Waals surface area contributed by atoms with Crippen LogP contribution in [0.2, 0.25) is 0 Å². The molecule has 0 fully saturated rings. The molecule has 3 heteroatoms. The van der Waals surface area contributed by atoms with Gasteiger partial charge >= 0.3 is 5.97 Å². The summed E-state index contributed by atoms with van der Waals surface area (Å²) < 4.78 is 10.1. The first-order chi connectivity index (χ1) is 8.17. The van der Waals surface area contributed by atoms with Crippen LogP contribution < -0.4 is 4.74 Å². The molecule has 0 amide bonds. The lowest BCUT2D eigenvalue weighted by molar-refractivity contribution is -0.144. The maximum absolute atomic E-state index is 11.3. The summed E-state index contributed by atoms with van der Waals surface area (Å²) >= 11 is 0. The molecule has 0 N–H and O–H groups in total. The summed E-state index contributed by atoms with van der Waals surface area (Å²) in [4.78, 5) is 11.3. The van der Waals surface area contributed by atoms with Gasteiger partial charge in [-0.25, -0.2) is 0 Å². The second-order valence-electron chi connectivity index (χ2n) is 3.87. The van der Waals surface area contributed by atoms with E-state index in [0.29, 0.717) is 13.0 Å². The smallest absolute Gasteiger partial charge is 0.308 e. The van der Waals surface area contributed by atoms with Crippen molar-refractivity contribution < 1.29 is 14.3 Å². The molecule has 1 rings (SSSR count). The van der Waals surface area contributed by atoms with Crippen LogP contribution in [0.4, 0.5) is 0 Å². The van der Waals surface area contributed by atoms with Crippen LogP contribution in [0.25, 0.3) is 0 Å². The molecule has 0 aromatic heterocycles. The fraction of sp³-hybridized carbons (Fsp3) is 0.357. The lowest BCUT2D eigenvalue weighted by Crippen LogP contribution is -2.14. The predicted molar refractivity (Wildman–Crippen MR) is 67.0 cm³/mol. The van der Waals surface area contributed by atoms with E-state index >= 15 is 0 Å². The van der Waals surface area contributed by atoms with Gasteiger partial charge in [-0.1, -0.05) is 31.7 Å². The zero-order chi connectivity index (χ0) is 12.7. The van der Waals surface area contributed by atoms with Crippen LogP contribution in [0.3, 0.4) is 0 Å². The lowest BCUT2D eigenvalue weighted by atomic mass is 10.0. The van der Waals surface area contributed by atoms with E-state index in [2.05, 4.69) is 11.3 Å². The molecule has 0 unspecified atom stereocenters. The number of ether oxygens (including phenoxy) is 2. The van der Waals surface area contributed by atoms with E-state index in [9.17, 15) is 4.79 Å². The molecule has 0 aliphatic heterocycles. The van der Waals surface area contributed by atoms with E-state index in [1.54, 1.807) is 6.08 Å². The Morgan fingerprint density at radius 3 is 2.59 bits per heavy atom. The van der Waals surface area contributed by atoms with Gasteiger partial charge in [-0.05, 0) is 24.1 Å². The molecular formula is C14H18O3. The standard InChI is InChI=1S/C14H18O3/c1-4-9-17-13-7-5-12(6-8-13)10-11(2)14(15)16-3/h4-8,11H,1,9-10H2,2-3H3/t11-/m0/s1. The van der Waals surface area contributed by atoms with Gasteiger partial charge in [0.15, 0.2) is 0 Å². The number of carbonyl (C=O) groups excluding carboxylic acids is 1. The molecule has 3 nitrogen and oxygen atoms in total. The molecule has 1 atom stereocenters. The monoisotopic (exact) mass is 234 g/mol. The highest BCUT2D eigenvalue weighted by atomic mass is 16.5. The Morgan fingerprint density at radius 1 is 1.41 bits per heavy atom.